The van der Waals surface area contributed by atoms with Crippen LogP contribution < -0.4 is 5.73 Å². The fourth-order valence-corrected chi connectivity index (χ4v) is 3.35. The molecule has 0 saturated heterocycles. The molecule has 0 amide bonds. The molecular weight excluding hydrogens is 358 g/mol. The first kappa shape index (κ1) is 18.5. The summed E-state index contributed by atoms with van der Waals surface area (Å²) in [4.78, 5) is 4.52. The van der Waals surface area contributed by atoms with E-state index in [2.05, 4.69) is 11.1 Å². The Labute approximate surface area is 161 Å². The van der Waals surface area contributed by atoms with Gasteiger partial charge in [0.05, 0.1) is 16.2 Å². The van der Waals surface area contributed by atoms with Crippen molar-refractivity contribution >= 4 is 23.0 Å². The summed E-state index contributed by atoms with van der Waals surface area (Å²) >= 11 is 1.21. The molecule has 1 aromatic heterocycles. The molecule has 0 aliphatic rings. The minimum Gasteiger partial charge on any atom is -0.505 e. The maximum Gasteiger partial charge on any atom is 0.152 e. The highest BCUT2D eigenvalue weighted by atomic mass is 32.2. The number of aliphatic hydroxyl groups excluding tert-OH is 1. The Bertz CT molecular complexity index is 1010. The minimum absolute atomic E-state index is 0.00194. The highest BCUT2D eigenvalue weighted by Crippen LogP contribution is 2.35. The van der Waals surface area contributed by atoms with Gasteiger partial charge in [0.1, 0.15) is 12.2 Å². The average molecular weight is 375 g/mol. The maximum atomic E-state index is 10.6. The third kappa shape index (κ3) is 4.29. The third-order valence-corrected chi connectivity index (χ3v) is 4.93. The fourth-order valence-electron chi connectivity index (χ4n) is 2.53. The molecule has 0 bridgehead atoms. The molecule has 27 heavy (non-hydrogen) atoms. The van der Waals surface area contributed by atoms with Crippen LogP contribution >= 0.6 is 11.8 Å². The third-order valence-electron chi connectivity index (χ3n) is 3.99. The number of rotatable bonds is 5. The summed E-state index contributed by atoms with van der Waals surface area (Å²) in [5, 5.41) is 31.8. The molecule has 1 unspecified atom stereocenters. The number of nitrogen functional groups attached to an aromatic ring is 1. The highest BCUT2D eigenvalue weighted by molar-refractivity contribution is 8.02. The number of allylic oxidation sites excluding steroid dienone is 1. The van der Waals surface area contributed by atoms with Gasteiger partial charge in [0.2, 0.25) is 0 Å². The number of hydrogen-bond donors (Lipinski definition) is 3. The molecule has 6 heteroatoms. The molecule has 0 aliphatic carbocycles. The highest BCUT2D eigenvalue weighted by Gasteiger charge is 2.12. The summed E-state index contributed by atoms with van der Waals surface area (Å²) in [5.74, 6) is -0.00194. The number of aromatic hydroxyl groups is 1. The number of phenolic OH excluding ortho intramolecular Hbond substituents is 1. The lowest BCUT2D eigenvalue weighted by Gasteiger charge is -2.12. The molecule has 3 aromatic rings. The number of thioether (sulfide) groups is 1. The number of phenols is 1. The molecule has 4 N–H and O–H groups in total. The summed E-state index contributed by atoms with van der Waals surface area (Å²) in [6.07, 6.45) is 2.44. The van der Waals surface area contributed by atoms with Crippen LogP contribution in [0.2, 0.25) is 0 Å². The van der Waals surface area contributed by atoms with E-state index in [1.807, 2.05) is 0 Å². The predicted molar refractivity (Wildman–Crippen MR) is 107 cm³/mol. The topological polar surface area (TPSA) is 103 Å². The number of nitrogens with zero attached hydrogens (tertiary/aromatic N) is 2. The van der Waals surface area contributed by atoms with Gasteiger partial charge >= 0.3 is 0 Å². The quantitative estimate of drug-likeness (QED) is 0.268. The molecule has 3 rings (SSSR count). The van der Waals surface area contributed by atoms with Crippen LogP contribution in [0.15, 0.2) is 77.3 Å². The van der Waals surface area contributed by atoms with Gasteiger partial charge in [0, 0.05) is 12.4 Å². The van der Waals surface area contributed by atoms with Crippen LogP contribution in [0, 0.1) is 11.3 Å². The largest absolute Gasteiger partial charge is 0.505 e. The summed E-state index contributed by atoms with van der Waals surface area (Å²) in [6.45, 7) is 0. The molecule has 1 heterocycles. The fraction of sp³-hybridized carbons (Fsp3) is 0.0476. The molecule has 1 atom stereocenters. The van der Waals surface area contributed by atoms with Crippen LogP contribution in [0.4, 0.5) is 5.69 Å². The van der Waals surface area contributed by atoms with Crippen molar-refractivity contribution in [1.29, 1.82) is 5.26 Å². The molecule has 0 fully saturated rings. The Balaban J connectivity index is 1.88. The van der Waals surface area contributed by atoms with Gasteiger partial charge in [0.15, 0.2) is 5.75 Å². The van der Waals surface area contributed by atoms with Crippen molar-refractivity contribution in [2.45, 2.75) is 11.0 Å². The van der Waals surface area contributed by atoms with E-state index >= 15 is 0 Å². The number of aromatic nitrogens is 1. The van der Waals surface area contributed by atoms with E-state index in [1.54, 1.807) is 72.4 Å². The van der Waals surface area contributed by atoms with Crippen molar-refractivity contribution in [2.75, 3.05) is 5.73 Å². The van der Waals surface area contributed by atoms with Gasteiger partial charge in [-0.3, -0.25) is 4.98 Å². The Morgan fingerprint density at radius 2 is 1.85 bits per heavy atom. The van der Waals surface area contributed by atoms with Crippen molar-refractivity contribution < 1.29 is 10.2 Å². The smallest absolute Gasteiger partial charge is 0.152 e. The molecule has 0 radical (unpaired) electrons. The Hall–Kier alpha value is -3.27. The first-order valence-corrected chi connectivity index (χ1v) is 9.01. The lowest BCUT2D eigenvalue weighted by atomic mass is 9.98. The molecule has 5 nitrogen and oxygen atoms in total. The standard InChI is InChI=1S/C21H17N3O2S/c22-12-17(13-27-19-6-2-5-18(23)21(19)26)15-3-1-4-16(11-15)20(25)14-7-9-24-10-8-14/h1-11,13,20,25-26H,23H2/b17-13+. The number of para-hydroxylation sites is 1. The van der Waals surface area contributed by atoms with E-state index in [9.17, 15) is 15.5 Å². The van der Waals surface area contributed by atoms with Crippen LogP contribution in [0.25, 0.3) is 5.57 Å². The first-order valence-electron chi connectivity index (χ1n) is 8.13. The van der Waals surface area contributed by atoms with Gasteiger partial charge < -0.3 is 15.9 Å². The van der Waals surface area contributed by atoms with E-state index in [0.29, 0.717) is 21.6 Å². The summed E-state index contributed by atoms with van der Waals surface area (Å²) in [5.41, 5.74) is 8.49. The normalized spacial score (nSPS) is 12.4. The van der Waals surface area contributed by atoms with Crippen LogP contribution in [-0.2, 0) is 0 Å². The summed E-state index contributed by atoms with van der Waals surface area (Å²) < 4.78 is 0. The summed E-state index contributed by atoms with van der Waals surface area (Å²) in [7, 11) is 0. The van der Waals surface area contributed by atoms with Gasteiger partial charge in [-0.25, -0.2) is 0 Å². The van der Waals surface area contributed by atoms with Crippen molar-refractivity contribution in [2.24, 2.45) is 0 Å². The van der Waals surface area contributed by atoms with Gasteiger partial charge in [0.25, 0.3) is 0 Å². The number of nitrogens with two attached hydrogens (primary N) is 1. The van der Waals surface area contributed by atoms with Crippen molar-refractivity contribution in [3.8, 4) is 11.8 Å². The maximum absolute atomic E-state index is 10.6. The van der Waals surface area contributed by atoms with E-state index in [0.717, 1.165) is 5.56 Å². The first-order chi connectivity index (χ1) is 13.1. The molecule has 0 saturated carbocycles. The number of aliphatic hydroxyl groups is 1. The zero-order valence-corrected chi connectivity index (χ0v) is 15.1. The van der Waals surface area contributed by atoms with Gasteiger partial charge in [-0.1, -0.05) is 36.0 Å². The van der Waals surface area contributed by atoms with Crippen LogP contribution in [0.3, 0.4) is 0 Å². The lowest BCUT2D eigenvalue weighted by molar-refractivity contribution is 0.220. The van der Waals surface area contributed by atoms with Crippen LogP contribution in [0.5, 0.6) is 5.75 Å². The minimum atomic E-state index is -0.807. The number of nitriles is 1. The molecule has 2 aromatic carbocycles. The van der Waals surface area contributed by atoms with Crippen molar-refractivity contribution in [1.82, 2.24) is 4.98 Å². The number of pyridine rings is 1. The second-order valence-electron chi connectivity index (χ2n) is 5.76. The van der Waals surface area contributed by atoms with E-state index in [-0.39, 0.29) is 11.4 Å². The second kappa shape index (κ2) is 8.41. The van der Waals surface area contributed by atoms with Crippen molar-refractivity contribution in [3.63, 3.8) is 0 Å². The Morgan fingerprint density at radius 3 is 2.59 bits per heavy atom. The molecule has 134 valence electrons. The second-order valence-corrected chi connectivity index (χ2v) is 6.67. The predicted octanol–water partition coefficient (Wildman–Crippen LogP) is 4.11. The molecule has 0 aliphatic heterocycles. The number of anilines is 1. The van der Waals surface area contributed by atoms with Crippen LogP contribution in [0.1, 0.15) is 22.8 Å². The van der Waals surface area contributed by atoms with Crippen molar-refractivity contribution in [3.05, 3.63) is 89.1 Å². The van der Waals surface area contributed by atoms with E-state index < -0.39 is 6.10 Å². The Kier molecular flexibility index (Phi) is 5.77. The lowest BCUT2D eigenvalue weighted by Crippen LogP contribution is -2.00. The van der Waals surface area contributed by atoms with E-state index in [4.69, 9.17) is 5.73 Å². The van der Waals surface area contributed by atoms with Gasteiger partial charge in [-0.15, -0.1) is 0 Å². The monoisotopic (exact) mass is 375 g/mol. The van der Waals surface area contributed by atoms with Gasteiger partial charge in [-0.2, -0.15) is 5.26 Å². The number of hydrogen-bond acceptors (Lipinski definition) is 6. The van der Waals surface area contributed by atoms with Gasteiger partial charge in [-0.05, 0) is 52.4 Å². The summed E-state index contributed by atoms with van der Waals surface area (Å²) in [6, 6.07) is 17.9. The average Bonchev–Trinajstić information content (AvgIpc) is 2.72. The zero-order valence-electron chi connectivity index (χ0n) is 14.3. The molecular formula is C21H17N3O2S. The SMILES string of the molecule is N#C/C(=C\Sc1cccc(N)c1O)c1cccc(C(O)c2ccncc2)c1. The zero-order chi connectivity index (χ0) is 19.2. The Morgan fingerprint density at radius 1 is 1.11 bits per heavy atom. The molecule has 0 spiro atoms. The number of benzene rings is 2. The van der Waals surface area contributed by atoms with Crippen LogP contribution in [-0.4, -0.2) is 15.2 Å². The van der Waals surface area contributed by atoms with E-state index in [1.165, 1.54) is 11.8 Å².